The van der Waals surface area contributed by atoms with Crippen molar-refractivity contribution < 1.29 is 19.4 Å². The van der Waals surface area contributed by atoms with Gasteiger partial charge in [-0.15, -0.1) is 0 Å². The number of aliphatic carboxylic acids is 1. The summed E-state index contributed by atoms with van der Waals surface area (Å²) < 4.78 is 6.38. The summed E-state index contributed by atoms with van der Waals surface area (Å²) in [4.78, 5) is 23.0. The number of carbonyl (C=O) groups excluding carboxylic acids is 1. The molecule has 1 amide bonds. The van der Waals surface area contributed by atoms with Gasteiger partial charge in [-0.3, -0.25) is 4.79 Å². The zero-order valence-electron chi connectivity index (χ0n) is 11.6. The molecule has 0 aliphatic heterocycles. The van der Waals surface area contributed by atoms with Crippen molar-refractivity contribution in [2.45, 2.75) is 32.9 Å². The summed E-state index contributed by atoms with van der Waals surface area (Å²) >= 11 is 3.31. The van der Waals surface area contributed by atoms with Crippen LogP contribution in [0.15, 0.2) is 28.7 Å². The van der Waals surface area contributed by atoms with Gasteiger partial charge in [0.15, 0.2) is 6.10 Å². The van der Waals surface area contributed by atoms with Gasteiger partial charge in [-0.2, -0.15) is 0 Å². The van der Waals surface area contributed by atoms with Crippen molar-refractivity contribution in [3.05, 3.63) is 28.7 Å². The molecule has 1 aromatic rings. The lowest BCUT2D eigenvalue weighted by molar-refractivity contribution is -0.144. The number of amides is 1. The number of hydrogen-bond donors (Lipinski definition) is 2. The Balaban J connectivity index is 2.62. The number of benzene rings is 1. The molecule has 1 unspecified atom stereocenters. The number of rotatable bonds is 6. The molecule has 1 aromatic carbocycles. The second-order valence-electron chi connectivity index (χ2n) is 4.78. The smallest absolute Gasteiger partial charge is 0.326 e. The first-order valence-corrected chi connectivity index (χ1v) is 7.06. The molecule has 0 aromatic heterocycles. The van der Waals surface area contributed by atoms with Gasteiger partial charge in [0, 0.05) is 4.47 Å². The van der Waals surface area contributed by atoms with Gasteiger partial charge in [0.2, 0.25) is 0 Å². The summed E-state index contributed by atoms with van der Waals surface area (Å²) in [7, 11) is 0. The van der Waals surface area contributed by atoms with Crippen molar-refractivity contribution in [3.8, 4) is 5.75 Å². The van der Waals surface area contributed by atoms with Crippen molar-refractivity contribution in [2.24, 2.45) is 5.92 Å². The third-order valence-electron chi connectivity index (χ3n) is 2.73. The highest BCUT2D eigenvalue weighted by atomic mass is 79.9. The second-order valence-corrected chi connectivity index (χ2v) is 5.70. The quantitative estimate of drug-likeness (QED) is 0.831. The van der Waals surface area contributed by atoms with E-state index in [0.717, 1.165) is 4.47 Å². The van der Waals surface area contributed by atoms with Crippen LogP contribution in [0.3, 0.4) is 0 Å². The predicted octanol–water partition coefficient (Wildman–Crippen LogP) is 2.44. The lowest BCUT2D eigenvalue weighted by Gasteiger charge is -2.21. The molecule has 0 saturated carbocycles. The normalized spacial score (nSPS) is 13.7. The van der Waals surface area contributed by atoms with Gasteiger partial charge in [0.1, 0.15) is 11.8 Å². The summed E-state index contributed by atoms with van der Waals surface area (Å²) in [5.41, 5.74) is 0. The summed E-state index contributed by atoms with van der Waals surface area (Å²) in [5, 5.41) is 11.5. The van der Waals surface area contributed by atoms with Crippen LogP contribution in [0.25, 0.3) is 0 Å². The van der Waals surface area contributed by atoms with Crippen LogP contribution >= 0.6 is 15.9 Å². The minimum absolute atomic E-state index is 0.198. The zero-order valence-corrected chi connectivity index (χ0v) is 13.2. The van der Waals surface area contributed by atoms with E-state index in [9.17, 15) is 9.59 Å². The van der Waals surface area contributed by atoms with Crippen molar-refractivity contribution in [1.29, 1.82) is 0 Å². The Morgan fingerprint density at radius 1 is 1.20 bits per heavy atom. The molecule has 6 heteroatoms. The molecule has 2 N–H and O–H groups in total. The average molecular weight is 344 g/mol. The van der Waals surface area contributed by atoms with Crippen molar-refractivity contribution in [1.82, 2.24) is 5.32 Å². The number of hydrogen-bond acceptors (Lipinski definition) is 3. The molecule has 110 valence electrons. The van der Waals surface area contributed by atoms with E-state index in [4.69, 9.17) is 9.84 Å². The number of ether oxygens (including phenoxy) is 1. The SMILES string of the molecule is CC(Oc1ccc(Br)cc1)C(=O)N[C@H](C(=O)O)C(C)C. The second kappa shape index (κ2) is 7.28. The maximum absolute atomic E-state index is 11.9. The van der Waals surface area contributed by atoms with Crippen LogP contribution in [0.5, 0.6) is 5.75 Å². The van der Waals surface area contributed by atoms with E-state index in [0.29, 0.717) is 5.75 Å². The van der Waals surface area contributed by atoms with Gasteiger partial charge in [-0.05, 0) is 37.1 Å². The van der Waals surface area contributed by atoms with Crippen LogP contribution in [0.2, 0.25) is 0 Å². The first kappa shape index (κ1) is 16.5. The molecule has 0 spiro atoms. The van der Waals surface area contributed by atoms with E-state index in [-0.39, 0.29) is 5.92 Å². The Kier molecular flexibility index (Phi) is 6.01. The van der Waals surface area contributed by atoms with Gasteiger partial charge < -0.3 is 15.2 Å². The Hall–Kier alpha value is -1.56. The number of nitrogens with one attached hydrogen (secondary N) is 1. The molecule has 0 aliphatic carbocycles. The average Bonchev–Trinajstić information content (AvgIpc) is 2.37. The van der Waals surface area contributed by atoms with E-state index in [2.05, 4.69) is 21.2 Å². The Bertz CT molecular complexity index is 473. The predicted molar refractivity (Wildman–Crippen MR) is 78.6 cm³/mol. The molecule has 5 nitrogen and oxygen atoms in total. The third kappa shape index (κ3) is 4.85. The van der Waals surface area contributed by atoms with E-state index < -0.39 is 24.0 Å². The molecule has 1 rings (SSSR count). The molecule has 2 atom stereocenters. The number of carboxylic acids is 1. The van der Waals surface area contributed by atoms with E-state index in [1.807, 2.05) is 0 Å². The topological polar surface area (TPSA) is 75.6 Å². The molecule has 0 fully saturated rings. The summed E-state index contributed by atoms with van der Waals surface area (Å²) in [5.74, 6) is -1.15. The van der Waals surface area contributed by atoms with Crippen LogP contribution in [0.1, 0.15) is 20.8 Å². The van der Waals surface area contributed by atoms with Crippen LogP contribution in [0, 0.1) is 5.92 Å². The van der Waals surface area contributed by atoms with Gasteiger partial charge in [-0.25, -0.2) is 4.79 Å². The molecule has 0 saturated heterocycles. The van der Waals surface area contributed by atoms with Gasteiger partial charge in [-0.1, -0.05) is 29.8 Å². The lowest BCUT2D eigenvalue weighted by atomic mass is 10.0. The number of carboxylic acid groups (broad SMARTS) is 1. The van der Waals surface area contributed by atoms with Gasteiger partial charge in [0.25, 0.3) is 5.91 Å². The molecule has 0 aliphatic rings. The molecule has 0 radical (unpaired) electrons. The number of halogens is 1. The van der Waals surface area contributed by atoms with Crippen LogP contribution in [0.4, 0.5) is 0 Å². The molecular weight excluding hydrogens is 326 g/mol. The lowest BCUT2D eigenvalue weighted by Crippen LogP contribution is -2.48. The van der Waals surface area contributed by atoms with Crippen LogP contribution in [-0.2, 0) is 9.59 Å². The Morgan fingerprint density at radius 2 is 1.75 bits per heavy atom. The standard InChI is InChI=1S/C14H18BrNO4/c1-8(2)12(14(18)19)16-13(17)9(3)20-11-6-4-10(15)5-7-11/h4-9,12H,1-3H3,(H,16,17)(H,18,19)/t9?,12-/m0/s1. The van der Waals surface area contributed by atoms with Crippen molar-refractivity contribution in [3.63, 3.8) is 0 Å². The third-order valence-corrected chi connectivity index (χ3v) is 3.25. The van der Waals surface area contributed by atoms with Crippen molar-refractivity contribution in [2.75, 3.05) is 0 Å². The minimum Gasteiger partial charge on any atom is -0.481 e. The maximum Gasteiger partial charge on any atom is 0.326 e. The van der Waals surface area contributed by atoms with Gasteiger partial charge in [0.05, 0.1) is 0 Å². The monoisotopic (exact) mass is 343 g/mol. The fourth-order valence-corrected chi connectivity index (χ4v) is 1.82. The number of carbonyl (C=O) groups is 2. The summed E-state index contributed by atoms with van der Waals surface area (Å²) in [6, 6.07) is 6.14. The Labute approximate surface area is 126 Å². The molecular formula is C14H18BrNO4. The summed E-state index contributed by atoms with van der Waals surface area (Å²) in [6.07, 6.45) is -0.767. The molecule has 0 heterocycles. The fraction of sp³-hybridized carbons (Fsp3) is 0.429. The molecule has 0 bridgehead atoms. The fourth-order valence-electron chi connectivity index (χ4n) is 1.55. The highest BCUT2D eigenvalue weighted by molar-refractivity contribution is 9.10. The minimum atomic E-state index is -1.05. The maximum atomic E-state index is 11.9. The first-order chi connectivity index (χ1) is 9.31. The van der Waals surface area contributed by atoms with Gasteiger partial charge >= 0.3 is 5.97 Å². The van der Waals surface area contributed by atoms with E-state index in [1.165, 1.54) is 0 Å². The van der Waals surface area contributed by atoms with E-state index in [1.54, 1.807) is 45.0 Å². The van der Waals surface area contributed by atoms with E-state index >= 15 is 0 Å². The molecule has 20 heavy (non-hydrogen) atoms. The first-order valence-electron chi connectivity index (χ1n) is 6.26. The highest BCUT2D eigenvalue weighted by Gasteiger charge is 2.26. The largest absolute Gasteiger partial charge is 0.481 e. The van der Waals surface area contributed by atoms with Crippen molar-refractivity contribution >= 4 is 27.8 Å². The van der Waals surface area contributed by atoms with Crippen LogP contribution in [-0.4, -0.2) is 29.1 Å². The van der Waals surface area contributed by atoms with Crippen LogP contribution < -0.4 is 10.1 Å². The Morgan fingerprint density at radius 3 is 2.20 bits per heavy atom. The highest BCUT2D eigenvalue weighted by Crippen LogP contribution is 2.17. The zero-order chi connectivity index (χ0) is 15.3. The summed E-state index contributed by atoms with van der Waals surface area (Å²) in [6.45, 7) is 5.05.